The molecular weight excluding hydrogens is 438 g/mol. The van der Waals surface area contributed by atoms with Gasteiger partial charge in [-0.05, 0) is 24.6 Å². The lowest BCUT2D eigenvalue weighted by Crippen LogP contribution is -2.34. The fourth-order valence-corrected chi connectivity index (χ4v) is 3.03. The number of rotatable bonds is 11. The van der Waals surface area contributed by atoms with E-state index in [0.717, 1.165) is 19.2 Å². The van der Waals surface area contributed by atoms with Crippen LogP contribution in [0.5, 0.6) is 5.75 Å². The highest BCUT2D eigenvalue weighted by atomic mass is 16.6. The zero-order valence-electron chi connectivity index (χ0n) is 18.1. The molecule has 2 atom stereocenters. The van der Waals surface area contributed by atoms with Crippen LogP contribution in [0.2, 0.25) is 0 Å². The lowest BCUT2D eigenvalue weighted by atomic mass is 10.0. The number of nitrogens with one attached hydrogen (secondary N) is 2. The zero-order valence-corrected chi connectivity index (χ0v) is 18.1. The Hall–Kier alpha value is -4.42. The van der Waals surface area contributed by atoms with Gasteiger partial charge < -0.3 is 25.8 Å². The van der Waals surface area contributed by atoms with Crippen molar-refractivity contribution in [2.45, 2.75) is 25.4 Å². The molecule has 0 radical (unpaired) electrons. The summed E-state index contributed by atoms with van der Waals surface area (Å²) in [5, 5.41) is 28.4. The first-order valence-electron chi connectivity index (χ1n) is 9.58. The fourth-order valence-electron chi connectivity index (χ4n) is 3.03. The fraction of sp³-hybridized carbons (Fsp3) is 0.300. The highest BCUT2D eigenvalue weighted by Crippen LogP contribution is 2.37. The van der Waals surface area contributed by atoms with E-state index in [2.05, 4.69) is 10.6 Å². The van der Waals surface area contributed by atoms with Crippen LogP contribution in [0.4, 0.5) is 22.7 Å². The standard InChI is InChI=1S/C20H23N5O8/c1-11(19(21)26)22-13-9-14(17(25(30)31)10-16(13)24(28)29)23-15(20(27)33-3)8-12-6-4-5-7-18(12)32-2/h4-7,9-11,15,22-23H,8H2,1-3H3,(H2,21,26)/t11-,15+/m0/s1. The number of para-hydroxylation sites is 1. The number of hydrogen-bond donors (Lipinski definition) is 3. The van der Waals surface area contributed by atoms with Gasteiger partial charge in [0.15, 0.2) is 0 Å². The van der Waals surface area contributed by atoms with Crippen molar-refractivity contribution in [2.24, 2.45) is 5.73 Å². The van der Waals surface area contributed by atoms with Crippen LogP contribution in [-0.4, -0.2) is 48.0 Å². The number of ether oxygens (including phenoxy) is 2. The van der Waals surface area contributed by atoms with Crippen LogP contribution in [0.15, 0.2) is 36.4 Å². The minimum absolute atomic E-state index is 0.0330. The van der Waals surface area contributed by atoms with E-state index in [9.17, 15) is 29.8 Å². The van der Waals surface area contributed by atoms with Crippen LogP contribution >= 0.6 is 0 Å². The molecule has 0 spiro atoms. The maximum Gasteiger partial charge on any atom is 0.328 e. The average molecular weight is 461 g/mol. The Labute approximate surface area is 188 Å². The Morgan fingerprint density at radius 2 is 1.61 bits per heavy atom. The Morgan fingerprint density at radius 3 is 2.12 bits per heavy atom. The monoisotopic (exact) mass is 461 g/mol. The number of nitro groups is 2. The van der Waals surface area contributed by atoms with Gasteiger partial charge in [0.25, 0.3) is 11.4 Å². The second kappa shape index (κ2) is 10.7. The summed E-state index contributed by atoms with van der Waals surface area (Å²) < 4.78 is 10.1. The summed E-state index contributed by atoms with van der Waals surface area (Å²) in [6.07, 6.45) is 0.0330. The molecule has 0 saturated heterocycles. The second-order valence-electron chi connectivity index (χ2n) is 6.91. The first kappa shape index (κ1) is 24.8. The molecule has 1 amide bonds. The van der Waals surface area contributed by atoms with Gasteiger partial charge in [0.2, 0.25) is 5.91 Å². The first-order valence-corrected chi connectivity index (χ1v) is 9.58. The van der Waals surface area contributed by atoms with Gasteiger partial charge in [-0.15, -0.1) is 0 Å². The molecule has 13 nitrogen and oxygen atoms in total. The summed E-state index contributed by atoms with van der Waals surface area (Å²) >= 11 is 0. The first-order chi connectivity index (χ1) is 15.6. The molecule has 0 aliphatic carbocycles. The average Bonchev–Trinajstić information content (AvgIpc) is 2.77. The highest BCUT2D eigenvalue weighted by molar-refractivity contribution is 5.87. The van der Waals surface area contributed by atoms with E-state index in [1.807, 2.05) is 0 Å². The van der Waals surface area contributed by atoms with E-state index in [4.69, 9.17) is 15.2 Å². The van der Waals surface area contributed by atoms with Crippen LogP contribution < -0.4 is 21.1 Å². The van der Waals surface area contributed by atoms with Crippen LogP contribution in [0.25, 0.3) is 0 Å². The molecule has 13 heteroatoms. The number of methoxy groups -OCH3 is 2. The van der Waals surface area contributed by atoms with Crippen molar-refractivity contribution in [1.29, 1.82) is 0 Å². The minimum Gasteiger partial charge on any atom is -0.496 e. The molecule has 2 aromatic rings. The quantitative estimate of drug-likeness (QED) is 0.253. The molecule has 0 aromatic heterocycles. The number of esters is 1. The van der Waals surface area contributed by atoms with Crippen LogP contribution in [0, 0.1) is 20.2 Å². The molecular formula is C20H23N5O8. The van der Waals surface area contributed by atoms with Crippen LogP contribution in [-0.2, 0) is 20.7 Å². The number of anilines is 2. The van der Waals surface area contributed by atoms with Gasteiger partial charge in [-0.2, -0.15) is 0 Å². The van der Waals surface area contributed by atoms with E-state index in [1.165, 1.54) is 14.0 Å². The summed E-state index contributed by atoms with van der Waals surface area (Å²) in [6.45, 7) is 1.37. The molecule has 0 aliphatic rings. The van der Waals surface area contributed by atoms with Gasteiger partial charge in [-0.25, -0.2) is 4.79 Å². The molecule has 33 heavy (non-hydrogen) atoms. The summed E-state index contributed by atoms with van der Waals surface area (Å²) in [7, 11) is 2.61. The topological polar surface area (TPSA) is 189 Å². The smallest absolute Gasteiger partial charge is 0.328 e. The molecule has 0 unspecified atom stereocenters. The largest absolute Gasteiger partial charge is 0.496 e. The third kappa shape index (κ3) is 6.06. The van der Waals surface area contributed by atoms with Crippen LogP contribution in [0.3, 0.4) is 0 Å². The molecule has 0 heterocycles. The molecule has 176 valence electrons. The maximum absolute atomic E-state index is 12.4. The number of amides is 1. The molecule has 4 N–H and O–H groups in total. The van der Waals surface area contributed by atoms with Crippen LogP contribution in [0.1, 0.15) is 12.5 Å². The number of nitrogens with two attached hydrogens (primary N) is 1. The highest BCUT2D eigenvalue weighted by Gasteiger charge is 2.29. The van der Waals surface area contributed by atoms with Crippen molar-refractivity contribution in [3.8, 4) is 5.75 Å². The molecule has 2 rings (SSSR count). The molecule has 0 fully saturated rings. The summed E-state index contributed by atoms with van der Waals surface area (Å²) in [5.74, 6) is -1.03. The Bertz CT molecular complexity index is 1070. The number of nitro benzene ring substituents is 2. The predicted octanol–water partition coefficient (Wildman–Crippen LogP) is 1.99. The van der Waals surface area contributed by atoms with Gasteiger partial charge in [-0.1, -0.05) is 18.2 Å². The van der Waals surface area contributed by atoms with Gasteiger partial charge in [0, 0.05) is 6.42 Å². The summed E-state index contributed by atoms with van der Waals surface area (Å²) in [5.41, 5.74) is 4.15. The third-order valence-corrected chi connectivity index (χ3v) is 4.74. The van der Waals surface area contributed by atoms with Crippen molar-refractivity contribution in [2.75, 3.05) is 24.9 Å². The number of carbonyl (C=O) groups is 2. The third-order valence-electron chi connectivity index (χ3n) is 4.74. The number of primary amides is 1. The Kier molecular flexibility index (Phi) is 8.09. The maximum atomic E-state index is 12.4. The van der Waals surface area contributed by atoms with Gasteiger partial charge in [-0.3, -0.25) is 25.0 Å². The number of benzene rings is 2. The summed E-state index contributed by atoms with van der Waals surface area (Å²) in [6, 6.07) is 6.56. The normalized spacial score (nSPS) is 12.2. The lowest BCUT2D eigenvalue weighted by Gasteiger charge is -2.20. The number of carbonyl (C=O) groups excluding carboxylic acids is 2. The second-order valence-corrected chi connectivity index (χ2v) is 6.91. The van der Waals surface area contributed by atoms with Crippen molar-refractivity contribution in [1.82, 2.24) is 0 Å². The van der Waals surface area contributed by atoms with Gasteiger partial charge in [0.05, 0.1) is 30.1 Å². The predicted molar refractivity (Wildman–Crippen MR) is 118 cm³/mol. The van der Waals surface area contributed by atoms with E-state index >= 15 is 0 Å². The Morgan fingerprint density at radius 1 is 1.03 bits per heavy atom. The minimum atomic E-state index is -1.10. The van der Waals surface area contributed by atoms with Crippen molar-refractivity contribution in [3.63, 3.8) is 0 Å². The van der Waals surface area contributed by atoms with E-state index in [1.54, 1.807) is 24.3 Å². The molecule has 2 aromatic carbocycles. The number of hydrogen-bond acceptors (Lipinski definition) is 10. The van der Waals surface area contributed by atoms with Gasteiger partial charge in [0.1, 0.15) is 29.2 Å². The molecule has 0 bridgehead atoms. The van der Waals surface area contributed by atoms with E-state index in [0.29, 0.717) is 11.3 Å². The molecule has 0 aliphatic heterocycles. The van der Waals surface area contributed by atoms with Crippen molar-refractivity contribution < 1.29 is 28.9 Å². The zero-order chi connectivity index (χ0) is 24.7. The van der Waals surface area contributed by atoms with Crippen molar-refractivity contribution >= 4 is 34.6 Å². The van der Waals surface area contributed by atoms with Gasteiger partial charge >= 0.3 is 5.97 Å². The molecule has 0 saturated carbocycles. The van der Waals surface area contributed by atoms with Crippen molar-refractivity contribution in [3.05, 3.63) is 62.2 Å². The SMILES string of the molecule is COC(=O)[C@@H](Cc1ccccc1OC)Nc1cc(N[C@@H](C)C(N)=O)c([N+](=O)[O-])cc1[N+](=O)[O-]. The number of nitrogens with zero attached hydrogens (tertiary/aromatic N) is 2. The lowest BCUT2D eigenvalue weighted by molar-refractivity contribution is -0.393. The Balaban J connectivity index is 2.55. The summed E-state index contributed by atoms with van der Waals surface area (Å²) in [4.78, 5) is 45.3. The van der Waals surface area contributed by atoms with E-state index in [-0.39, 0.29) is 17.8 Å². The van der Waals surface area contributed by atoms with E-state index < -0.39 is 45.2 Å².